The van der Waals surface area contributed by atoms with Crippen LogP contribution in [0.4, 0.5) is 0 Å². The van der Waals surface area contributed by atoms with Gasteiger partial charge in [-0.15, -0.1) is 0 Å². The second-order valence-electron chi connectivity index (χ2n) is 9.37. The molecule has 3 unspecified atom stereocenters. The molecule has 8 nitrogen and oxygen atoms in total. The number of nitrogens with one attached hydrogen (secondary N) is 3. The number of hydrazine groups is 1. The smallest absolute Gasteiger partial charge is 0.220 e. The number of hydrogen-bond acceptors (Lipinski definition) is 7. The van der Waals surface area contributed by atoms with Gasteiger partial charge in [0.05, 0.1) is 18.7 Å². The molecule has 190 valence electrons. The fourth-order valence-electron chi connectivity index (χ4n) is 4.78. The van der Waals surface area contributed by atoms with Gasteiger partial charge in [0.25, 0.3) is 0 Å². The average Bonchev–Trinajstić information content (AvgIpc) is 3.52. The van der Waals surface area contributed by atoms with Crippen molar-refractivity contribution in [2.45, 2.75) is 63.8 Å². The highest BCUT2D eigenvalue weighted by atomic mass is 35.5. The van der Waals surface area contributed by atoms with Crippen molar-refractivity contribution in [2.24, 2.45) is 5.10 Å². The van der Waals surface area contributed by atoms with Crippen molar-refractivity contribution < 1.29 is 9.53 Å². The van der Waals surface area contributed by atoms with E-state index in [2.05, 4.69) is 68.6 Å². The molecule has 2 aromatic carbocycles. The summed E-state index contributed by atoms with van der Waals surface area (Å²) >= 11 is 5.92. The normalized spacial score (nSPS) is 22.1. The third kappa shape index (κ3) is 5.60. The van der Waals surface area contributed by atoms with Gasteiger partial charge < -0.3 is 20.0 Å². The lowest BCUT2D eigenvalue weighted by Gasteiger charge is -2.37. The summed E-state index contributed by atoms with van der Waals surface area (Å²) in [5.74, 6) is 1.81. The Labute approximate surface area is 217 Å². The second-order valence-corrected chi connectivity index (χ2v) is 9.81. The Morgan fingerprint density at radius 1 is 1.17 bits per heavy atom. The number of ether oxygens (including phenoxy) is 1. The van der Waals surface area contributed by atoms with E-state index in [1.165, 1.54) is 5.56 Å². The van der Waals surface area contributed by atoms with Crippen molar-refractivity contribution in [3.63, 3.8) is 0 Å². The molecule has 0 radical (unpaired) electrons. The maximum Gasteiger partial charge on any atom is 0.220 e. The van der Waals surface area contributed by atoms with Crippen molar-refractivity contribution in [3.8, 4) is 5.75 Å². The standard InChI is InChI=1S/C27H33ClN6O2/c1-2-3-16-36-22-10-6-20(7-11-22)23-17-24-27-31-30-25(33(27)14-15-34(24)32-23)12-13-26(35)29-18-19-4-8-21(28)9-5-19/h4-11,14-15,23-24,27,31-32H,2-3,12-13,16-18H2,1H3,(H,29,35). The SMILES string of the molecule is CCCCOc1ccc(C2CC3C4NN=C(CCC(=O)NCc5ccc(Cl)cc5)N4C=CN3N2)cc1. The summed E-state index contributed by atoms with van der Waals surface area (Å²) in [5.41, 5.74) is 9.17. The van der Waals surface area contributed by atoms with Gasteiger partial charge in [0, 0.05) is 36.8 Å². The molecule has 3 aliphatic rings. The third-order valence-corrected chi connectivity index (χ3v) is 7.10. The van der Waals surface area contributed by atoms with Crippen LogP contribution in [0, 0.1) is 0 Å². The van der Waals surface area contributed by atoms with Crippen LogP contribution in [-0.4, -0.2) is 40.5 Å². The summed E-state index contributed by atoms with van der Waals surface area (Å²) in [4.78, 5) is 14.6. The number of hydrogen-bond donors (Lipinski definition) is 3. The van der Waals surface area contributed by atoms with Crippen molar-refractivity contribution in [3.05, 3.63) is 77.1 Å². The third-order valence-electron chi connectivity index (χ3n) is 6.84. The molecule has 3 aliphatic heterocycles. The van der Waals surface area contributed by atoms with E-state index < -0.39 is 0 Å². The lowest BCUT2D eigenvalue weighted by molar-refractivity contribution is -0.121. The van der Waals surface area contributed by atoms with Gasteiger partial charge >= 0.3 is 0 Å². The second kappa shape index (κ2) is 11.2. The molecule has 1 saturated heterocycles. The molecule has 2 aromatic rings. The Bertz CT molecular complexity index is 1100. The van der Waals surface area contributed by atoms with E-state index in [-0.39, 0.29) is 24.2 Å². The fraction of sp³-hybridized carbons (Fsp3) is 0.407. The quantitative estimate of drug-likeness (QED) is 0.416. The first-order valence-electron chi connectivity index (χ1n) is 12.7. The minimum Gasteiger partial charge on any atom is -0.494 e. The number of amidine groups is 1. The van der Waals surface area contributed by atoms with Crippen LogP contribution in [-0.2, 0) is 11.3 Å². The topological polar surface area (TPSA) is 81.2 Å². The number of amides is 1. The minimum absolute atomic E-state index is 0.00318. The largest absolute Gasteiger partial charge is 0.494 e. The molecule has 36 heavy (non-hydrogen) atoms. The van der Waals surface area contributed by atoms with E-state index in [1.807, 2.05) is 30.5 Å². The highest BCUT2D eigenvalue weighted by Crippen LogP contribution is 2.34. The number of unbranched alkanes of at least 4 members (excludes halogenated alkanes) is 1. The average molecular weight is 509 g/mol. The van der Waals surface area contributed by atoms with Gasteiger partial charge in [0.2, 0.25) is 5.91 Å². The fourth-order valence-corrected chi connectivity index (χ4v) is 4.90. The number of halogens is 1. The summed E-state index contributed by atoms with van der Waals surface area (Å²) < 4.78 is 5.80. The Morgan fingerprint density at radius 2 is 1.97 bits per heavy atom. The molecule has 1 fully saturated rings. The monoisotopic (exact) mass is 508 g/mol. The summed E-state index contributed by atoms with van der Waals surface area (Å²) in [5, 5.41) is 10.4. The summed E-state index contributed by atoms with van der Waals surface area (Å²) in [6, 6.07) is 16.3. The Balaban J connectivity index is 1.11. The van der Waals surface area contributed by atoms with E-state index in [0.717, 1.165) is 43.0 Å². The maximum atomic E-state index is 12.4. The van der Waals surface area contributed by atoms with Gasteiger partial charge in [-0.25, -0.2) is 5.43 Å². The Morgan fingerprint density at radius 3 is 2.75 bits per heavy atom. The minimum atomic E-state index is 0.00318. The van der Waals surface area contributed by atoms with Gasteiger partial charge in [-0.1, -0.05) is 49.2 Å². The lowest BCUT2D eigenvalue weighted by Crippen LogP contribution is -2.54. The first-order chi connectivity index (χ1) is 17.6. The molecular formula is C27H33ClN6O2. The molecule has 3 N–H and O–H groups in total. The number of carbonyl (C=O) groups is 1. The molecule has 3 atom stereocenters. The highest BCUT2D eigenvalue weighted by molar-refractivity contribution is 6.30. The molecule has 0 aromatic heterocycles. The highest BCUT2D eigenvalue weighted by Gasteiger charge is 2.44. The van der Waals surface area contributed by atoms with Crippen molar-refractivity contribution >= 4 is 23.3 Å². The first kappa shape index (κ1) is 24.5. The molecule has 9 heteroatoms. The van der Waals surface area contributed by atoms with Crippen molar-refractivity contribution in [1.29, 1.82) is 0 Å². The predicted molar refractivity (Wildman–Crippen MR) is 141 cm³/mol. The molecule has 0 spiro atoms. The molecule has 1 amide bonds. The molecule has 5 rings (SSSR count). The van der Waals surface area contributed by atoms with Crippen LogP contribution in [0.15, 0.2) is 66.0 Å². The van der Waals surface area contributed by atoms with Crippen LogP contribution < -0.4 is 20.9 Å². The summed E-state index contributed by atoms with van der Waals surface area (Å²) in [6.07, 6.45) is 8.23. The number of nitrogens with zero attached hydrogens (tertiary/aromatic N) is 3. The van der Waals surface area contributed by atoms with Crippen LogP contribution in [0.5, 0.6) is 5.75 Å². The van der Waals surface area contributed by atoms with Crippen LogP contribution in [0.2, 0.25) is 5.02 Å². The zero-order chi connectivity index (χ0) is 24.9. The Hall–Kier alpha value is -3.23. The van der Waals surface area contributed by atoms with Gasteiger partial charge in [-0.05, 0) is 48.2 Å². The molecule has 3 heterocycles. The van der Waals surface area contributed by atoms with E-state index in [9.17, 15) is 4.79 Å². The number of rotatable bonds is 10. The zero-order valence-corrected chi connectivity index (χ0v) is 21.2. The van der Waals surface area contributed by atoms with Crippen LogP contribution >= 0.6 is 11.6 Å². The van der Waals surface area contributed by atoms with Crippen molar-refractivity contribution in [1.82, 2.24) is 26.1 Å². The van der Waals surface area contributed by atoms with E-state index in [0.29, 0.717) is 24.4 Å². The van der Waals surface area contributed by atoms with Gasteiger partial charge in [-0.3, -0.25) is 10.2 Å². The van der Waals surface area contributed by atoms with Crippen LogP contribution in [0.3, 0.4) is 0 Å². The molecule has 0 aliphatic carbocycles. The molecule has 0 saturated carbocycles. The zero-order valence-electron chi connectivity index (χ0n) is 20.5. The first-order valence-corrected chi connectivity index (χ1v) is 13.1. The van der Waals surface area contributed by atoms with E-state index >= 15 is 0 Å². The lowest BCUT2D eigenvalue weighted by atomic mass is 9.99. The van der Waals surface area contributed by atoms with Crippen LogP contribution in [0.1, 0.15) is 56.2 Å². The van der Waals surface area contributed by atoms with Gasteiger partial charge in [0.15, 0.2) is 0 Å². The maximum absolute atomic E-state index is 12.4. The van der Waals surface area contributed by atoms with Gasteiger partial charge in [-0.2, -0.15) is 5.10 Å². The number of carbonyl (C=O) groups excluding carboxylic acids is 1. The van der Waals surface area contributed by atoms with E-state index in [1.54, 1.807) is 0 Å². The summed E-state index contributed by atoms with van der Waals surface area (Å²) in [7, 11) is 0. The van der Waals surface area contributed by atoms with Gasteiger partial charge in [0.1, 0.15) is 17.8 Å². The Kier molecular flexibility index (Phi) is 7.63. The number of fused-ring (bicyclic) bond motifs is 3. The molecular weight excluding hydrogens is 476 g/mol. The van der Waals surface area contributed by atoms with Crippen LogP contribution in [0.25, 0.3) is 0 Å². The van der Waals surface area contributed by atoms with Crippen molar-refractivity contribution in [2.75, 3.05) is 6.61 Å². The van der Waals surface area contributed by atoms with E-state index in [4.69, 9.17) is 16.3 Å². The molecule has 0 bridgehead atoms. The summed E-state index contributed by atoms with van der Waals surface area (Å²) in [6.45, 7) is 3.41. The number of hydrazone groups is 1. The number of benzene rings is 2. The predicted octanol–water partition coefficient (Wildman–Crippen LogP) is 4.27.